The summed E-state index contributed by atoms with van der Waals surface area (Å²) in [6.45, 7) is 3.47. The second-order valence-electron chi connectivity index (χ2n) is 5.56. The third-order valence-corrected chi connectivity index (χ3v) is 4.38. The van der Waals surface area contributed by atoms with Gasteiger partial charge in [0.1, 0.15) is 0 Å². The molecule has 1 aliphatic carbocycles. The molecule has 17 heavy (non-hydrogen) atoms. The fraction of sp³-hybridized carbons (Fsp3) is 0.600. The molecule has 2 heteroatoms. The molecule has 2 unspecified atom stereocenters. The highest BCUT2D eigenvalue weighted by atomic mass is 15.2. The van der Waals surface area contributed by atoms with Crippen molar-refractivity contribution < 1.29 is 0 Å². The number of rotatable bonds is 4. The number of nitrogens with one attached hydrogen (secondary N) is 1. The highest BCUT2D eigenvalue weighted by Crippen LogP contribution is 2.38. The number of nitrogens with zero attached hydrogens (tertiary/aromatic N) is 1. The molecule has 0 amide bonds. The predicted octanol–water partition coefficient (Wildman–Crippen LogP) is 2.39. The zero-order chi connectivity index (χ0) is 11.7. The lowest BCUT2D eigenvalue weighted by Gasteiger charge is -2.27. The standard InChI is InChI=1S/C15H22N2/c1-16-9-13-4-2-3-5-14(13)11-17-10-12-6-7-15(17)8-12/h2-5,12,15-16H,6-11H2,1H3. The lowest BCUT2D eigenvalue weighted by molar-refractivity contribution is 0.205. The predicted molar refractivity (Wildman–Crippen MR) is 70.7 cm³/mol. The second-order valence-corrected chi connectivity index (χ2v) is 5.56. The third kappa shape index (κ3) is 2.24. The smallest absolute Gasteiger partial charge is 0.0240 e. The van der Waals surface area contributed by atoms with Crippen LogP contribution in [0.25, 0.3) is 0 Å². The molecule has 1 aliphatic heterocycles. The van der Waals surface area contributed by atoms with Crippen LogP contribution in [-0.2, 0) is 13.1 Å². The van der Waals surface area contributed by atoms with Crippen molar-refractivity contribution in [3.63, 3.8) is 0 Å². The van der Waals surface area contributed by atoms with E-state index in [0.717, 1.165) is 25.0 Å². The van der Waals surface area contributed by atoms with E-state index in [2.05, 4.69) is 34.5 Å². The Morgan fingerprint density at radius 3 is 2.71 bits per heavy atom. The molecule has 2 aliphatic rings. The minimum absolute atomic E-state index is 0.877. The maximum atomic E-state index is 3.26. The molecule has 1 aromatic rings. The van der Waals surface area contributed by atoms with Crippen molar-refractivity contribution in [2.45, 2.75) is 38.4 Å². The summed E-state index contributed by atoms with van der Waals surface area (Å²) in [4.78, 5) is 2.70. The van der Waals surface area contributed by atoms with E-state index < -0.39 is 0 Å². The van der Waals surface area contributed by atoms with Gasteiger partial charge in [-0.05, 0) is 43.4 Å². The van der Waals surface area contributed by atoms with Crippen LogP contribution in [0.3, 0.4) is 0 Å². The first-order valence-electron chi connectivity index (χ1n) is 6.82. The fourth-order valence-electron chi connectivity index (χ4n) is 3.51. The van der Waals surface area contributed by atoms with Gasteiger partial charge >= 0.3 is 0 Å². The summed E-state index contributed by atoms with van der Waals surface area (Å²) < 4.78 is 0. The quantitative estimate of drug-likeness (QED) is 0.854. The number of piperidine rings is 1. The Kier molecular flexibility index (Phi) is 3.17. The molecule has 0 spiro atoms. The van der Waals surface area contributed by atoms with Gasteiger partial charge in [-0.15, -0.1) is 0 Å². The SMILES string of the molecule is CNCc1ccccc1CN1CC2CCC1C2. The summed E-state index contributed by atoms with van der Waals surface area (Å²) in [6, 6.07) is 9.73. The molecule has 92 valence electrons. The number of likely N-dealkylation sites (tertiary alicyclic amines) is 1. The van der Waals surface area contributed by atoms with Crippen LogP contribution in [0.4, 0.5) is 0 Å². The molecule has 2 atom stereocenters. The molecular formula is C15H22N2. The van der Waals surface area contributed by atoms with E-state index in [9.17, 15) is 0 Å². The summed E-state index contributed by atoms with van der Waals surface area (Å²) in [5.41, 5.74) is 2.96. The molecule has 1 saturated carbocycles. The lowest BCUT2D eigenvalue weighted by Crippen LogP contribution is -2.31. The van der Waals surface area contributed by atoms with Crippen molar-refractivity contribution in [3.8, 4) is 0 Å². The van der Waals surface area contributed by atoms with Gasteiger partial charge in [-0.25, -0.2) is 0 Å². The summed E-state index contributed by atoms with van der Waals surface area (Å²) in [6.07, 6.45) is 4.35. The van der Waals surface area contributed by atoms with E-state index in [-0.39, 0.29) is 0 Å². The topological polar surface area (TPSA) is 15.3 Å². The van der Waals surface area contributed by atoms with Gasteiger partial charge in [-0.1, -0.05) is 24.3 Å². The molecule has 1 heterocycles. The molecule has 0 radical (unpaired) electrons. The Morgan fingerprint density at radius 2 is 2.06 bits per heavy atom. The Hall–Kier alpha value is -0.860. The Balaban J connectivity index is 1.72. The van der Waals surface area contributed by atoms with Crippen LogP contribution in [0, 0.1) is 5.92 Å². The Bertz CT molecular complexity index is 388. The van der Waals surface area contributed by atoms with Crippen molar-refractivity contribution in [2.24, 2.45) is 5.92 Å². The average molecular weight is 230 g/mol. The minimum Gasteiger partial charge on any atom is -0.316 e. The summed E-state index contributed by atoms with van der Waals surface area (Å²) in [5.74, 6) is 0.997. The average Bonchev–Trinajstić information content (AvgIpc) is 2.94. The maximum Gasteiger partial charge on any atom is 0.0240 e. The van der Waals surface area contributed by atoms with Gasteiger partial charge in [-0.2, -0.15) is 0 Å². The molecule has 1 aromatic carbocycles. The van der Waals surface area contributed by atoms with Gasteiger partial charge in [0.15, 0.2) is 0 Å². The second kappa shape index (κ2) is 4.79. The zero-order valence-corrected chi connectivity index (χ0v) is 10.7. The first-order chi connectivity index (χ1) is 8.36. The maximum absolute atomic E-state index is 3.26. The van der Waals surface area contributed by atoms with Crippen molar-refractivity contribution in [1.82, 2.24) is 10.2 Å². The van der Waals surface area contributed by atoms with E-state index in [4.69, 9.17) is 0 Å². The van der Waals surface area contributed by atoms with Crippen molar-refractivity contribution in [3.05, 3.63) is 35.4 Å². The number of fused-ring (bicyclic) bond motifs is 2. The lowest BCUT2D eigenvalue weighted by atomic mass is 10.1. The highest BCUT2D eigenvalue weighted by Gasteiger charge is 2.37. The van der Waals surface area contributed by atoms with Crippen LogP contribution >= 0.6 is 0 Å². The number of benzene rings is 1. The summed E-state index contributed by atoms with van der Waals surface area (Å²) >= 11 is 0. The van der Waals surface area contributed by atoms with Gasteiger partial charge in [0.25, 0.3) is 0 Å². The molecule has 1 saturated heterocycles. The molecule has 0 aromatic heterocycles. The van der Waals surface area contributed by atoms with E-state index in [0.29, 0.717) is 0 Å². The third-order valence-electron chi connectivity index (χ3n) is 4.38. The van der Waals surface area contributed by atoms with Gasteiger partial charge in [0.05, 0.1) is 0 Å². The number of hydrogen-bond acceptors (Lipinski definition) is 2. The Morgan fingerprint density at radius 1 is 1.24 bits per heavy atom. The first kappa shape index (κ1) is 11.2. The van der Waals surface area contributed by atoms with E-state index >= 15 is 0 Å². The van der Waals surface area contributed by atoms with E-state index in [1.165, 1.54) is 36.9 Å². The minimum atomic E-state index is 0.877. The molecule has 2 fully saturated rings. The van der Waals surface area contributed by atoms with Crippen LogP contribution in [-0.4, -0.2) is 24.5 Å². The van der Waals surface area contributed by atoms with Gasteiger partial charge in [0, 0.05) is 25.7 Å². The molecule has 2 nitrogen and oxygen atoms in total. The van der Waals surface area contributed by atoms with Crippen LogP contribution in [0.2, 0.25) is 0 Å². The molecule has 3 rings (SSSR count). The first-order valence-corrected chi connectivity index (χ1v) is 6.82. The molecule has 1 N–H and O–H groups in total. The Labute approximate surface area is 104 Å². The van der Waals surface area contributed by atoms with Crippen molar-refractivity contribution in [2.75, 3.05) is 13.6 Å². The highest BCUT2D eigenvalue weighted by molar-refractivity contribution is 5.27. The van der Waals surface area contributed by atoms with Crippen LogP contribution in [0.15, 0.2) is 24.3 Å². The number of hydrogen-bond donors (Lipinski definition) is 1. The van der Waals surface area contributed by atoms with Gasteiger partial charge < -0.3 is 5.32 Å². The van der Waals surface area contributed by atoms with Crippen molar-refractivity contribution >= 4 is 0 Å². The van der Waals surface area contributed by atoms with Gasteiger partial charge in [-0.3, -0.25) is 4.90 Å². The van der Waals surface area contributed by atoms with Crippen LogP contribution in [0.1, 0.15) is 30.4 Å². The molecule has 2 bridgehead atoms. The van der Waals surface area contributed by atoms with E-state index in [1.54, 1.807) is 0 Å². The van der Waals surface area contributed by atoms with E-state index in [1.807, 2.05) is 7.05 Å². The fourth-order valence-corrected chi connectivity index (χ4v) is 3.51. The summed E-state index contributed by atoms with van der Waals surface area (Å²) in [5, 5.41) is 3.26. The van der Waals surface area contributed by atoms with Crippen molar-refractivity contribution in [1.29, 1.82) is 0 Å². The normalized spacial score (nSPS) is 27.8. The largest absolute Gasteiger partial charge is 0.316 e. The molecular weight excluding hydrogens is 208 g/mol. The monoisotopic (exact) mass is 230 g/mol. The van der Waals surface area contributed by atoms with Crippen LogP contribution < -0.4 is 5.32 Å². The van der Waals surface area contributed by atoms with Crippen LogP contribution in [0.5, 0.6) is 0 Å². The zero-order valence-electron chi connectivity index (χ0n) is 10.7. The summed E-state index contributed by atoms with van der Waals surface area (Å²) in [7, 11) is 2.02. The van der Waals surface area contributed by atoms with Gasteiger partial charge in [0.2, 0.25) is 0 Å².